The minimum atomic E-state index is -0.587. The fraction of sp³-hybridized carbons (Fsp3) is 0.348. The zero-order chi connectivity index (χ0) is 21.5. The first-order valence-electron chi connectivity index (χ1n) is 10.1. The number of hydrogen-bond donors (Lipinski definition) is 2. The summed E-state index contributed by atoms with van der Waals surface area (Å²) in [5, 5.41) is 4.03. The Morgan fingerprint density at radius 1 is 1.20 bits per heavy atom. The van der Waals surface area contributed by atoms with Crippen LogP contribution in [0.1, 0.15) is 47.2 Å². The molecule has 1 fully saturated rings. The summed E-state index contributed by atoms with van der Waals surface area (Å²) in [6.45, 7) is 2.94. The second-order valence-corrected chi connectivity index (χ2v) is 7.57. The SMILES string of the molecule is Cc1ccccc1COC1CCCC1.Cn1cc(-c2cnc(N)c(C(N)=O)c2)cn1. The van der Waals surface area contributed by atoms with Crippen molar-refractivity contribution in [3.8, 4) is 11.1 Å². The van der Waals surface area contributed by atoms with E-state index < -0.39 is 5.91 Å². The van der Waals surface area contributed by atoms with Gasteiger partial charge in [-0.1, -0.05) is 37.1 Å². The summed E-state index contributed by atoms with van der Waals surface area (Å²) in [6.07, 6.45) is 10.8. The van der Waals surface area contributed by atoms with Crippen LogP contribution >= 0.6 is 0 Å². The Morgan fingerprint density at radius 2 is 1.93 bits per heavy atom. The molecule has 1 aliphatic carbocycles. The maximum Gasteiger partial charge on any atom is 0.252 e. The number of aromatic nitrogens is 3. The maximum absolute atomic E-state index is 11.1. The minimum absolute atomic E-state index is 0.139. The van der Waals surface area contributed by atoms with Crippen LogP contribution in [0.5, 0.6) is 0 Å². The van der Waals surface area contributed by atoms with Crippen molar-refractivity contribution in [3.63, 3.8) is 0 Å². The van der Waals surface area contributed by atoms with E-state index in [1.165, 1.54) is 36.8 Å². The van der Waals surface area contributed by atoms with Gasteiger partial charge >= 0.3 is 0 Å². The monoisotopic (exact) mass is 407 g/mol. The van der Waals surface area contributed by atoms with E-state index in [1.54, 1.807) is 23.1 Å². The molecule has 4 N–H and O–H groups in total. The highest BCUT2D eigenvalue weighted by molar-refractivity contribution is 5.98. The largest absolute Gasteiger partial charge is 0.383 e. The molecule has 0 aliphatic heterocycles. The molecule has 7 nitrogen and oxygen atoms in total. The molecule has 7 heteroatoms. The Balaban J connectivity index is 0.000000172. The van der Waals surface area contributed by atoms with Crippen molar-refractivity contribution in [2.45, 2.75) is 45.3 Å². The quantitative estimate of drug-likeness (QED) is 0.671. The predicted molar refractivity (Wildman–Crippen MR) is 118 cm³/mol. The number of hydrogen-bond acceptors (Lipinski definition) is 5. The van der Waals surface area contributed by atoms with Crippen LogP contribution in [0.2, 0.25) is 0 Å². The summed E-state index contributed by atoms with van der Waals surface area (Å²) in [7, 11) is 1.81. The number of rotatable bonds is 5. The van der Waals surface area contributed by atoms with E-state index in [0.29, 0.717) is 6.10 Å². The summed E-state index contributed by atoms with van der Waals surface area (Å²) in [5.74, 6) is -0.448. The first-order chi connectivity index (χ1) is 14.4. The van der Waals surface area contributed by atoms with Crippen LogP contribution in [-0.4, -0.2) is 26.8 Å². The number of pyridine rings is 1. The second kappa shape index (κ2) is 10.0. The van der Waals surface area contributed by atoms with E-state index >= 15 is 0 Å². The second-order valence-electron chi connectivity index (χ2n) is 7.57. The summed E-state index contributed by atoms with van der Waals surface area (Å²) >= 11 is 0. The lowest BCUT2D eigenvalue weighted by Gasteiger charge is -2.12. The molecule has 0 unspecified atom stereocenters. The number of carbonyl (C=O) groups is 1. The lowest BCUT2D eigenvalue weighted by atomic mass is 10.1. The molecule has 0 spiro atoms. The highest BCUT2D eigenvalue weighted by Gasteiger charge is 2.15. The third-order valence-corrected chi connectivity index (χ3v) is 5.26. The normalized spacial score (nSPS) is 13.7. The van der Waals surface area contributed by atoms with Crippen molar-refractivity contribution in [2.75, 3.05) is 5.73 Å². The lowest BCUT2D eigenvalue weighted by Crippen LogP contribution is -2.14. The van der Waals surface area contributed by atoms with Gasteiger partial charge in [0.15, 0.2) is 0 Å². The summed E-state index contributed by atoms with van der Waals surface area (Å²) in [4.78, 5) is 15.0. The van der Waals surface area contributed by atoms with Gasteiger partial charge < -0.3 is 16.2 Å². The van der Waals surface area contributed by atoms with Gasteiger partial charge in [0.05, 0.1) is 24.5 Å². The van der Waals surface area contributed by atoms with Gasteiger partial charge in [-0.15, -0.1) is 0 Å². The number of carbonyl (C=O) groups excluding carboxylic acids is 1. The van der Waals surface area contributed by atoms with Crippen molar-refractivity contribution >= 4 is 11.7 Å². The smallest absolute Gasteiger partial charge is 0.252 e. The highest BCUT2D eigenvalue weighted by atomic mass is 16.5. The molecule has 30 heavy (non-hydrogen) atoms. The molecule has 0 atom stereocenters. The van der Waals surface area contributed by atoms with E-state index in [0.717, 1.165) is 17.7 Å². The van der Waals surface area contributed by atoms with Gasteiger partial charge in [0.2, 0.25) is 0 Å². The number of nitrogens with two attached hydrogens (primary N) is 2. The molecule has 1 amide bonds. The van der Waals surface area contributed by atoms with Gasteiger partial charge in [0, 0.05) is 30.6 Å². The Labute approximate surface area is 177 Å². The first-order valence-corrected chi connectivity index (χ1v) is 10.1. The molecule has 1 aliphatic rings. The number of aryl methyl sites for hydroxylation is 2. The highest BCUT2D eigenvalue weighted by Crippen LogP contribution is 2.23. The van der Waals surface area contributed by atoms with Crippen LogP contribution in [0.15, 0.2) is 48.9 Å². The molecule has 0 saturated heterocycles. The number of nitrogens with zero attached hydrogens (tertiary/aromatic N) is 3. The van der Waals surface area contributed by atoms with Crippen molar-refractivity contribution in [1.29, 1.82) is 0 Å². The molecule has 158 valence electrons. The van der Waals surface area contributed by atoms with E-state index in [2.05, 4.69) is 41.3 Å². The van der Waals surface area contributed by atoms with Crippen molar-refractivity contribution in [1.82, 2.24) is 14.8 Å². The number of nitrogen functional groups attached to an aromatic ring is 1. The van der Waals surface area contributed by atoms with Gasteiger partial charge in [-0.2, -0.15) is 5.10 Å². The van der Waals surface area contributed by atoms with E-state index in [1.807, 2.05) is 13.2 Å². The van der Waals surface area contributed by atoms with E-state index in [9.17, 15) is 4.79 Å². The topological polar surface area (TPSA) is 109 Å². The standard InChI is InChI=1S/C13H18O.C10H11N5O/c1-11-6-2-3-7-12(11)10-14-13-8-4-5-9-13;1-15-5-7(4-14-15)6-2-8(10(12)16)9(11)13-3-6/h2-3,6-7,13H,4-5,8-10H2,1H3;2-5H,1H3,(H2,11,13)(H2,12,16). The fourth-order valence-electron chi connectivity index (χ4n) is 3.44. The zero-order valence-electron chi connectivity index (χ0n) is 17.5. The predicted octanol–water partition coefficient (Wildman–Crippen LogP) is 3.62. The van der Waals surface area contributed by atoms with Gasteiger partial charge in [0.25, 0.3) is 5.91 Å². The average Bonchev–Trinajstić information content (AvgIpc) is 3.40. The van der Waals surface area contributed by atoms with Gasteiger partial charge in [-0.3, -0.25) is 9.48 Å². The molecule has 0 bridgehead atoms. The van der Waals surface area contributed by atoms with Crippen molar-refractivity contribution in [3.05, 3.63) is 65.6 Å². The van der Waals surface area contributed by atoms with Crippen molar-refractivity contribution in [2.24, 2.45) is 12.8 Å². The Kier molecular flexibility index (Phi) is 7.19. The van der Waals surface area contributed by atoms with E-state index in [4.69, 9.17) is 16.2 Å². The van der Waals surface area contributed by atoms with Crippen LogP contribution in [0.4, 0.5) is 5.82 Å². The number of benzene rings is 1. The van der Waals surface area contributed by atoms with Crippen LogP contribution in [-0.2, 0) is 18.4 Å². The Bertz CT molecular complexity index is 993. The number of anilines is 1. The number of amides is 1. The van der Waals surface area contributed by atoms with Crippen LogP contribution in [0.3, 0.4) is 0 Å². The number of ether oxygens (including phenoxy) is 1. The molecule has 2 heterocycles. The molecular weight excluding hydrogens is 378 g/mol. The van der Waals surface area contributed by atoms with Crippen LogP contribution < -0.4 is 11.5 Å². The summed E-state index contributed by atoms with van der Waals surface area (Å²) in [6, 6.07) is 10.1. The van der Waals surface area contributed by atoms with Crippen LogP contribution in [0, 0.1) is 6.92 Å². The molecule has 1 saturated carbocycles. The van der Waals surface area contributed by atoms with E-state index in [-0.39, 0.29) is 11.4 Å². The minimum Gasteiger partial charge on any atom is -0.383 e. The van der Waals surface area contributed by atoms with Crippen molar-refractivity contribution < 1.29 is 9.53 Å². The molecule has 3 aromatic rings. The molecule has 2 aromatic heterocycles. The lowest BCUT2D eigenvalue weighted by molar-refractivity contribution is 0.0454. The molecule has 4 rings (SSSR count). The maximum atomic E-state index is 11.1. The Morgan fingerprint density at radius 3 is 2.57 bits per heavy atom. The summed E-state index contributed by atoms with van der Waals surface area (Å²) in [5.41, 5.74) is 15.2. The third-order valence-electron chi connectivity index (χ3n) is 5.26. The molecular formula is C23H29N5O2. The molecule has 0 radical (unpaired) electrons. The fourth-order valence-corrected chi connectivity index (χ4v) is 3.44. The average molecular weight is 408 g/mol. The van der Waals surface area contributed by atoms with Gasteiger partial charge in [0.1, 0.15) is 5.82 Å². The first kappa shape index (κ1) is 21.5. The van der Waals surface area contributed by atoms with Crippen LogP contribution in [0.25, 0.3) is 11.1 Å². The van der Waals surface area contributed by atoms with Gasteiger partial charge in [-0.25, -0.2) is 4.98 Å². The third kappa shape index (κ3) is 5.67. The molecule has 1 aromatic carbocycles. The summed E-state index contributed by atoms with van der Waals surface area (Å²) < 4.78 is 7.53. The number of primary amides is 1. The zero-order valence-corrected chi connectivity index (χ0v) is 17.5. The van der Waals surface area contributed by atoms with Gasteiger partial charge in [-0.05, 0) is 37.0 Å². The Hall–Kier alpha value is -3.19.